The normalized spacial score (nSPS) is 32.1. The van der Waals surface area contributed by atoms with Crippen LogP contribution in [-0.4, -0.2) is 0 Å². The van der Waals surface area contributed by atoms with Gasteiger partial charge in [-0.25, -0.2) is 0 Å². The molecule has 0 aromatic rings. The Balaban J connectivity index is 2.24. The third-order valence-electron chi connectivity index (χ3n) is 3.79. The molecule has 2 aliphatic rings. The molecule has 1 fully saturated rings. The van der Waals surface area contributed by atoms with Gasteiger partial charge in [-0.3, -0.25) is 0 Å². The van der Waals surface area contributed by atoms with Crippen LogP contribution in [0.15, 0.2) is 23.8 Å². The first-order valence-corrected chi connectivity index (χ1v) is 6.04. The summed E-state index contributed by atoms with van der Waals surface area (Å²) < 4.78 is 0. The van der Waals surface area contributed by atoms with E-state index in [-0.39, 0.29) is 5.41 Å². The monoisotopic (exact) mass is 201 g/mol. The van der Waals surface area contributed by atoms with Gasteiger partial charge in [-0.15, -0.1) is 0 Å². The fraction of sp³-hybridized carbons (Fsp3) is 0.643. The minimum Gasteiger partial charge on any atom is -0.197 e. The quantitative estimate of drug-likeness (QED) is 0.589. The van der Waals surface area contributed by atoms with Crippen LogP contribution in [0.2, 0.25) is 0 Å². The Labute approximate surface area is 92.5 Å². The lowest BCUT2D eigenvalue weighted by atomic mass is 9.67. The van der Waals surface area contributed by atoms with Gasteiger partial charge < -0.3 is 0 Å². The van der Waals surface area contributed by atoms with Crippen LogP contribution in [0.5, 0.6) is 0 Å². The van der Waals surface area contributed by atoms with E-state index in [1.54, 1.807) is 0 Å². The molecule has 1 unspecified atom stereocenters. The lowest BCUT2D eigenvalue weighted by Gasteiger charge is -2.35. The first-order valence-electron chi connectivity index (χ1n) is 6.04. The van der Waals surface area contributed by atoms with Crippen LogP contribution in [0.3, 0.4) is 0 Å². The second-order valence-corrected chi connectivity index (χ2v) is 4.98. The predicted molar refractivity (Wildman–Crippen MR) is 62.1 cm³/mol. The smallest absolute Gasteiger partial charge is 0.0964 e. The second-order valence-electron chi connectivity index (χ2n) is 4.98. The average molecular weight is 201 g/mol. The van der Waals surface area contributed by atoms with Crippen LogP contribution in [0.4, 0.5) is 0 Å². The number of nitriles is 1. The van der Waals surface area contributed by atoms with E-state index in [9.17, 15) is 5.26 Å². The van der Waals surface area contributed by atoms with Crippen molar-refractivity contribution >= 4 is 0 Å². The summed E-state index contributed by atoms with van der Waals surface area (Å²) in [7, 11) is 0. The Morgan fingerprint density at radius 3 is 2.67 bits per heavy atom. The molecule has 15 heavy (non-hydrogen) atoms. The maximum atomic E-state index is 9.47. The van der Waals surface area contributed by atoms with Crippen LogP contribution in [0.25, 0.3) is 0 Å². The van der Waals surface area contributed by atoms with E-state index >= 15 is 0 Å². The van der Waals surface area contributed by atoms with Gasteiger partial charge in [0.15, 0.2) is 0 Å². The van der Waals surface area contributed by atoms with Crippen LogP contribution < -0.4 is 0 Å². The van der Waals surface area contributed by atoms with Gasteiger partial charge in [0.2, 0.25) is 0 Å². The number of hydrogen-bond acceptors (Lipinski definition) is 1. The summed E-state index contributed by atoms with van der Waals surface area (Å²) in [4.78, 5) is 0. The highest BCUT2D eigenvalue weighted by Gasteiger charge is 2.36. The third kappa shape index (κ3) is 2.00. The highest BCUT2D eigenvalue weighted by molar-refractivity contribution is 5.32. The van der Waals surface area contributed by atoms with Crippen LogP contribution >= 0.6 is 0 Å². The molecule has 0 radical (unpaired) electrons. The first-order chi connectivity index (χ1) is 7.27. The van der Waals surface area contributed by atoms with E-state index < -0.39 is 0 Å². The molecule has 1 nitrogen and oxygen atoms in total. The Hall–Kier alpha value is -1.03. The molecular formula is C14H19N. The van der Waals surface area contributed by atoms with Gasteiger partial charge in [0.25, 0.3) is 0 Å². The molecule has 0 aromatic carbocycles. The minimum absolute atomic E-state index is 0.275. The molecule has 0 aromatic heterocycles. The minimum atomic E-state index is -0.275. The number of nitrogens with zero attached hydrogens (tertiary/aromatic N) is 1. The standard InChI is InChI=1S/C14H19N/c1-12-6-5-9-14(10-12,11-15)13-7-3-2-4-8-13/h5,9-10,13H,2-4,6-8H2,1H3. The van der Waals surface area contributed by atoms with E-state index in [4.69, 9.17) is 0 Å². The highest BCUT2D eigenvalue weighted by atomic mass is 14.4. The van der Waals surface area contributed by atoms with Gasteiger partial charge in [0.1, 0.15) is 0 Å². The fourth-order valence-electron chi connectivity index (χ4n) is 2.95. The van der Waals surface area contributed by atoms with Crippen LogP contribution in [0, 0.1) is 22.7 Å². The molecule has 0 spiro atoms. The van der Waals surface area contributed by atoms with E-state index in [1.165, 1.54) is 37.7 Å². The Morgan fingerprint density at radius 2 is 2.07 bits per heavy atom. The number of hydrogen-bond donors (Lipinski definition) is 0. The molecule has 2 aliphatic carbocycles. The van der Waals surface area contributed by atoms with Gasteiger partial charge in [-0.1, -0.05) is 43.1 Å². The van der Waals surface area contributed by atoms with Crippen molar-refractivity contribution in [1.82, 2.24) is 0 Å². The van der Waals surface area contributed by atoms with Crippen molar-refractivity contribution in [3.05, 3.63) is 23.8 Å². The topological polar surface area (TPSA) is 23.8 Å². The molecule has 0 aliphatic heterocycles. The summed E-state index contributed by atoms with van der Waals surface area (Å²) in [5.41, 5.74) is 1.08. The van der Waals surface area contributed by atoms with Crippen molar-refractivity contribution in [3.63, 3.8) is 0 Å². The van der Waals surface area contributed by atoms with E-state index in [0.717, 1.165) is 6.42 Å². The van der Waals surface area contributed by atoms with Crippen LogP contribution in [-0.2, 0) is 0 Å². The maximum Gasteiger partial charge on any atom is 0.0964 e. The third-order valence-corrected chi connectivity index (χ3v) is 3.79. The van der Waals surface area contributed by atoms with Gasteiger partial charge in [0, 0.05) is 0 Å². The molecule has 0 heterocycles. The van der Waals surface area contributed by atoms with Gasteiger partial charge in [-0.05, 0) is 32.1 Å². The van der Waals surface area contributed by atoms with E-state index in [2.05, 4.69) is 31.2 Å². The van der Waals surface area contributed by atoms with E-state index in [1.807, 2.05) is 0 Å². The van der Waals surface area contributed by atoms with Crippen molar-refractivity contribution in [2.24, 2.45) is 11.3 Å². The lowest BCUT2D eigenvalue weighted by Crippen LogP contribution is -2.28. The molecule has 2 rings (SSSR count). The summed E-state index contributed by atoms with van der Waals surface area (Å²) >= 11 is 0. The lowest BCUT2D eigenvalue weighted by molar-refractivity contribution is 0.267. The summed E-state index contributed by atoms with van der Waals surface area (Å²) in [6, 6.07) is 2.55. The largest absolute Gasteiger partial charge is 0.197 e. The zero-order valence-corrected chi connectivity index (χ0v) is 9.50. The molecule has 1 saturated carbocycles. The Bertz CT molecular complexity index is 326. The molecule has 0 bridgehead atoms. The molecule has 1 atom stereocenters. The highest BCUT2D eigenvalue weighted by Crippen LogP contribution is 2.43. The van der Waals surface area contributed by atoms with E-state index in [0.29, 0.717) is 5.92 Å². The molecule has 80 valence electrons. The molecule has 0 amide bonds. The molecule has 0 N–H and O–H groups in total. The molecule has 0 saturated heterocycles. The zero-order chi connectivity index (χ0) is 10.7. The first kappa shape index (κ1) is 10.5. The maximum absolute atomic E-state index is 9.47. The second kappa shape index (κ2) is 4.23. The number of allylic oxidation sites excluding steroid dienone is 4. The summed E-state index contributed by atoms with van der Waals surface area (Å²) in [5, 5.41) is 9.47. The molecular weight excluding hydrogens is 182 g/mol. The SMILES string of the molecule is CC1=CC(C#N)(C2CCCCC2)C=CC1. The van der Waals surface area contributed by atoms with Gasteiger partial charge in [0.05, 0.1) is 11.5 Å². The predicted octanol–water partition coefficient (Wildman–Crippen LogP) is 3.98. The van der Waals surface area contributed by atoms with Crippen molar-refractivity contribution < 1.29 is 0 Å². The van der Waals surface area contributed by atoms with Crippen molar-refractivity contribution in [2.45, 2.75) is 45.4 Å². The summed E-state index contributed by atoms with van der Waals surface area (Å²) in [6.07, 6.45) is 14.0. The average Bonchev–Trinajstić information content (AvgIpc) is 2.30. The van der Waals surface area contributed by atoms with Crippen LogP contribution in [0.1, 0.15) is 45.4 Å². The van der Waals surface area contributed by atoms with Crippen molar-refractivity contribution in [3.8, 4) is 6.07 Å². The Kier molecular flexibility index (Phi) is 2.95. The van der Waals surface area contributed by atoms with Crippen molar-refractivity contribution in [1.29, 1.82) is 5.26 Å². The van der Waals surface area contributed by atoms with Gasteiger partial charge in [-0.2, -0.15) is 5.26 Å². The fourth-order valence-corrected chi connectivity index (χ4v) is 2.95. The zero-order valence-electron chi connectivity index (χ0n) is 9.50. The van der Waals surface area contributed by atoms with Crippen molar-refractivity contribution in [2.75, 3.05) is 0 Å². The van der Waals surface area contributed by atoms with Gasteiger partial charge >= 0.3 is 0 Å². The number of rotatable bonds is 1. The Morgan fingerprint density at radius 1 is 1.33 bits per heavy atom. The summed E-state index contributed by atoms with van der Waals surface area (Å²) in [5.74, 6) is 0.558. The summed E-state index contributed by atoms with van der Waals surface area (Å²) in [6.45, 7) is 2.14. The molecule has 1 heteroatoms.